The fourth-order valence-electron chi connectivity index (χ4n) is 3.58. The molecule has 3 aromatic rings. The van der Waals surface area contributed by atoms with Crippen LogP contribution in [-0.2, 0) is 11.3 Å². The molecule has 26 heavy (non-hydrogen) atoms. The van der Waals surface area contributed by atoms with Gasteiger partial charge in [0.1, 0.15) is 5.82 Å². The van der Waals surface area contributed by atoms with E-state index in [1.165, 1.54) is 0 Å². The molecule has 0 spiro atoms. The molecule has 0 aliphatic carbocycles. The molecule has 1 N–H and O–H groups in total. The lowest BCUT2D eigenvalue weighted by Crippen LogP contribution is -2.25. The van der Waals surface area contributed by atoms with Gasteiger partial charge in [-0.25, -0.2) is 4.68 Å². The van der Waals surface area contributed by atoms with Gasteiger partial charge in [0, 0.05) is 17.9 Å². The Bertz CT molecular complexity index is 981. The van der Waals surface area contributed by atoms with Crippen LogP contribution in [0.4, 0.5) is 5.82 Å². The highest BCUT2D eigenvalue weighted by Crippen LogP contribution is 2.38. The van der Waals surface area contributed by atoms with E-state index in [1.54, 1.807) is 0 Å². The van der Waals surface area contributed by atoms with Crippen molar-refractivity contribution >= 4 is 11.7 Å². The molecule has 1 aromatic heterocycles. The number of fused-ring (bicyclic) bond motifs is 2. The largest absolute Gasteiger partial charge is 0.454 e. The maximum atomic E-state index is 12.3. The average molecular weight is 347 g/mol. The molecule has 0 unspecified atom stereocenters. The summed E-state index contributed by atoms with van der Waals surface area (Å²) in [6.45, 7) is 0.804. The molecule has 6 nitrogen and oxygen atoms in total. The van der Waals surface area contributed by atoms with Crippen molar-refractivity contribution in [2.45, 2.75) is 18.9 Å². The average Bonchev–Trinajstić information content (AvgIpc) is 3.29. The Balaban J connectivity index is 1.49. The van der Waals surface area contributed by atoms with E-state index < -0.39 is 0 Å². The van der Waals surface area contributed by atoms with E-state index in [1.807, 2.05) is 47.3 Å². The Morgan fingerprint density at radius 2 is 1.96 bits per heavy atom. The van der Waals surface area contributed by atoms with Crippen molar-refractivity contribution in [3.05, 3.63) is 71.4 Å². The molecule has 5 rings (SSSR count). The second-order valence-electron chi connectivity index (χ2n) is 6.51. The van der Waals surface area contributed by atoms with Gasteiger partial charge in [-0.1, -0.05) is 36.4 Å². The lowest BCUT2D eigenvalue weighted by atomic mass is 9.87. The lowest BCUT2D eigenvalue weighted by molar-refractivity contribution is -0.116. The number of ether oxygens (including phenoxy) is 2. The fraction of sp³-hybridized carbons (Fsp3) is 0.200. The minimum Gasteiger partial charge on any atom is -0.454 e. The molecule has 0 bridgehead atoms. The highest BCUT2D eigenvalue weighted by atomic mass is 16.7. The monoisotopic (exact) mass is 347 g/mol. The fourth-order valence-corrected chi connectivity index (χ4v) is 3.58. The van der Waals surface area contributed by atoms with E-state index in [4.69, 9.17) is 9.47 Å². The van der Waals surface area contributed by atoms with Gasteiger partial charge in [0.25, 0.3) is 0 Å². The summed E-state index contributed by atoms with van der Waals surface area (Å²) in [6.07, 6.45) is 2.30. The summed E-state index contributed by atoms with van der Waals surface area (Å²) in [4.78, 5) is 12.3. The van der Waals surface area contributed by atoms with Crippen molar-refractivity contribution in [1.82, 2.24) is 9.78 Å². The molecule has 2 aliphatic heterocycles. The summed E-state index contributed by atoms with van der Waals surface area (Å²) in [5.41, 5.74) is 3.22. The molecule has 0 saturated heterocycles. The van der Waals surface area contributed by atoms with E-state index in [2.05, 4.69) is 22.5 Å². The quantitative estimate of drug-likeness (QED) is 0.790. The zero-order chi connectivity index (χ0) is 17.5. The minimum atomic E-state index is 0.0128. The number of carbonyl (C=O) groups is 1. The number of hydrogen-bond donors (Lipinski definition) is 1. The zero-order valence-electron chi connectivity index (χ0n) is 14.0. The first-order chi connectivity index (χ1) is 12.8. The van der Waals surface area contributed by atoms with Crippen LogP contribution < -0.4 is 14.8 Å². The summed E-state index contributed by atoms with van der Waals surface area (Å²) < 4.78 is 12.6. The molecule has 2 aliphatic rings. The number of anilines is 1. The molecular formula is C20H17N3O3. The highest BCUT2D eigenvalue weighted by molar-refractivity contribution is 5.94. The normalized spacial score (nSPS) is 17.7. The highest BCUT2D eigenvalue weighted by Gasteiger charge is 2.30. The van der Waals surface area contributed by atoms with Crippen LogP contribution in [-0.4, -0.2) is 22.5 Å². The van der Waals surface area contributed by atoms with Crippen molar-refractivity contribution in [3.8, 4) is 11.5 Å². The molecule has 0 saturated carbocycles. The number of nitrogens with zero attached hydrogens (tertiary/aromatic N) is 2. The number of hydrogen-bond acceptors (Lipinski definition) is 4. The molecule has 6 heteroatoms. The molecule has 1 amide bonds. The first kappa shape index (κ1) is 15.0. The third-order valence-corrected chi connectivity index (χ3v) is 4.86. The van der Waals surface area contributed by atoms with Crippen molar-refractivity contribution in [1.29, 1.82) is 0 Å². The predicted molar refractivity (Wildman–Crippen MR) is 95.4 cm³/mol. The molecule has 130 valence electrons. The third kappa shape index (κ3) is 2.50. The number of carbonyl (C=O) groups excluding carboxylic acids is 1. The van der Waals surface area contributed by atoms with Crippen LogP contribution in [0.15, 0.2) is 54.7 Å². The lowest BCUT2D eigenvalue weighted by Gasteiger charge is -2.23. The molecule has 1 atom stereocenters. The second kappa shape index (κ2) is 5.91. The van der Waals surface area contributed by atoms with Gasteiger partial charge in [-0.3, -0.25) is 4.79 Å². The number of benzene rings is 2. The van der Waals surface area contributed by atoms with E-state index in [0.29, 0.717) is 13.0 Å². The topological polar surface area (TPSA) is 65.4 Å². The zero-order valence-corrected chi connectivity index (χ0v) is 14.0. The Morgan fingerprint density at radius 3 is 2.85 bits per heavy atom. The molecule has 2 aromatic carbocycles. The standard InChI is InChI=1S/C20H17N3O3/c24-19-9-15(14-4-2-1-3-5-14)16-10-21-23(20(16)22-19)11-13-6-7-17-18(8-13)26-12-25-17/h1-8,10,15H,9,11-12H2,(H,22,24)/t15-/m1/s1. The van der Waals surface area contributed by atoms with Gasteiger partial charge < -0.3 is 14.8 Å². The summed E-state index contributed by atoms with van der Waals surface area (Å²) in [5, 5.41) is 7.51. The molecule has 0 radical (unpaired) electrons. The van der Waals surface area contributed by atoms with Gasteiger partial charge in [-0.2, -0.15) is 5.10 Å². The number of aromatic nitrogens is 2. The van der Waals surface area contributed by atoms with Crippen LogP contribution in [0, 0.1) is 0 Å². The molecular weight excluding hydrogens is 330 g/mol. The maximum absolute atomic E-state index is 12.3. The van der Waals surface area contributed by atoms with Crippen LogP contribution in [0.25, 0.3) is 0 Å². The van der Waals surface area contributed by atoms with Gasteiger partial charge in [0.15, 0.2) is 11.5 Å². The van der Waals surface area contributed by atoms with Crippen LogP contribution in [0.1, 0.15) is 29.0 Å². The van der Waals surface area contributed by atoms with Crippen LogP contribution in [0.5, 0.6) is 11.5 Å². The SMILES string of the molecule is O=C1C[C@H](c2ccccc2)c2cnn(Cc3ccc4c(c3)OCO4)c2N1. The first-order valence-electron chi connectivity index (χ1n) is 8.57. The Labute approximate surface area is 150 Å². The minimum absolute atomic E-state index is 0.0128. The van der Waals surface area contributed by atoms with Gasteiger partial charge in [0.2, 0.25) is 12.7 Å². The Hall–Kier alpha value is -3.28. The number of nitrogens with one attached hydrogen (secondary N) is 1. The first-order valence-corrected chi connectivity index (χ1v) is 8.57. The van der Waals surface area contributed by atoms with Crippen molar-refractivity contribution in [3.63, 3.8) is 0 Å². The number of amides is 1. The van der Waals surface area contributed by atoms with Gasteiger partial charge in [-0.05, 0) is 23.3 Å². The predicted octanol–water partition coefficient (Wildman–Crippen LogP) is 3.13. The van der Waals surface area contributed by atoms with Crippen molar-refractivity contribution in [2.24, 2.45) is 0 Å². The molecule has 3 heterocycles. The van der Waals surface area contributed by atoms with Gasteiger partial charge >= 0.3 is 0 Å². The van der Waals surface area contributed by atoms with Crippen LogP contribution in [0.3, 0.4) is 0 Å². The Morgan fingerprint density at radius 1 is 1.12 bits per heavy atom. The summed E-state index contributed by atoms with van der Waals surface area (Å²) in [6, 6.07) is 15.9. The van der Waals surface area contributed by atoms with Gasteiger partial charge in [-0.15, -0.1) is 0 Å². The second-order valence-corrected chi connectivity index (χ2v) is 6.51. The van der Waals surface area contributed by atoms with Crippen molar-refractivity contribution in [2.75, 3.05) is 12.1 Å². The summed E-state index contributed by atoms with van der Waals surface area (Å²) in [5.74, 6) is 2.32. The van der Waals surface area contributed by atoms with Gasteiger partial charge in [0.05, 0.1) is 12.7 Å². The van der Waals surface area contributed by atoms with Crippen LogP contribution in [0.2, 0.25) is 0 Å². The van der Waals surface area contributed by atoms with E-state index in [0.717, 1.165) is 34.0 Å². The van der Waals surface area contributed by atoms with E-state index in [-0.39, 0.29) is 18.6 Å². The maximum Gasteiger partial charge on any atom is 0.231 e. The summed E-state index contributed by atoms with van der Waals surface area (Å²) >= 11 is 0. The number of rotatable bonds is 3. The van der Waals surface area contributed by atoms with E-state index in [9.17, 15) is 4.79 Å². The molecule has 0 fully saturated rings. The van der Waals surface area contributed by atoms with E-state index >= 15 is 0 Å². The third-order valence-electron chi connectivity index (χ3n) is 4.86. The summed E-state index contributed by atoms with van der Waals surface area (Å²) in [7, 11) is 0. The smallest absolute Gasteiger partial charge is 0.231 e. The Kier molecular flexibility index (Phi) is 3.41. The van der Waals surface area contributed by atoms with Crippen molar-refractivity contribution < 1.29 is 14.3 Å². The van der Waals surface area contributed by atoms with Crippen LogP contribution >= 0.6 is 0 Å².